The SMILES string of the molecule is C1COO[Si]C1. The van der Waals surface area contributed by atoms with Gasteiger partial charge in [0.25, 0.3) is 9.76 Å². The highest BCUT2D eigenvalue weighted by atomic mass is 28.2. The summed E-state index contributed by atoms with van der Waals surface area (Å²) < 4.78 is 4.60. The second kappa shape index (κ2) is 2.33. The molecule has 1 saturated heterocycles. The second-order valence-corrected chi connectivity index (χ2v) is 2.11. The van der Waals surface area contributed by atoms with Crippen molar-refractivity contribution < 1.29 is 9.46 Å². The molecule has 1 aliphatic rings. The molecule has 0 aromatic heterocycles. The Balaban J connectivity index is 2.00. The average Bonchev–Trinajstić information content (AvgIpc) is 1.72. The van der Waals surface area contributed by atoms with E-state index in [4.69, 9.17) is 0 Å². The van der Waals surface area contributed by atoms with Crippen molar-refractivity contribution in [1.29, 1.82) is 0 Å². The molecular weight excluding hydrogens is 96.1 g/mol. The van der Waals surface area contributed by atoms with Crippen LogP contribution in [0.1, 0.15) is 6.42 Å². The Labute approximate surface area is 39.3 Å². The van der Waals surface area contributed by atoms with E-state index in [2.05, 4.69) is 9.46 Å². The van der Waals surface area contributed by atoms with Crippen LogP contribution < -0.4 is 0 Å². The molecule has 0 bridgehead atoms. The Morgan fingerprint density at radius 1 is 1.50 bits per heavy atom. The zero-order valence-corrected chi connectivity index (χ0v) is 4.44. The van der Waals surface area contributed by atoms with Crippen LogP contribution in [0, 0.1) is 0 Å². The third kappa shape index (κ3) is 1.08. The molecule has 0 unspecified atom stereocenters. The van der Waals surface area contributed by atoms with E-state index in [9.17, 15) is 0 Å². The molecule has 1 aliphatic heterocycles. The molecule has 1 rings (SSSR count). The van der Waals surface area contributed by atoms with Gasteiger partial charge in [0.15, 0.2) is 0 Å². The monoisotopic (exact) mass is 102 g/mol. The molecule has 3 heteroatoms. The summed E-state index contributed by atoms with van der Waals surface area (Å²) in [4.78, 5) is 4.58. The lowest BCUT2D eigenvalue weighted by atomic mass is 10.5. The van der Waals surface area contributed by atoms with Crippen LogP contribution in [0.3, 0.4) is 0 Å². The van der Waals surface area contributed by atoms with E-state index in [0.29, 0.717) is 9.76 Å². The summed E-state index contributed by atoms with van der Waals surface area (Å²) in [6.45, 7) is 0.785. The smallest absolute Gasteiger partial charge is 0.282 e. The maximum absolute atomic E-state index is 4.60. The molecule has 0 N–H and O–H groups in total. The first-order chi connectivity index (χ1) is 3.00. The van der Waals surface area contributed by atoms with Gasteiger partial charge in [0.2, 0.25) is 0 Å². The van der Waals surface area contributed by atoms with E-state index < -0.39 is 0 Å². The largest absolute Gasteiger partial charge is 0.287 e. The molecule has 34 valence electrons. The Kier molecular flexibility index (Phi) is 1.67. The molecule has 0 amide bonds. The minimum atomic E-state index is 0.579. The van der Waals surface area contributed by atoms with Crippen molar-refractivity contribution in [3.8, 4) is 0 Å². The maximum Gasteiger partial charge on any atom is 0.282 e. The molecule has 0 atom stereocenters. The lowest BCUT2D eigenvalue weighted by Crippen LogP contribution is -2.08. The molecule has 0 aromatic carbocycles. The summed E-state index contributed by atoms with van der Waals surface area (Å²) in [5.41, 5.74) is 0. The summed E-state index contributed by atoms with van der Waals surface area (Å²) in [6, 6.07) is 1.18. The van der Waals surface area contributed by atoms with Gasteiger partial charge in [-0.2, -0.15) is 0 Å². The first kappa shape index (κ1) is 4.30. The van der Waals surface area contributed by atoms with Crippen LogP contribution in [0.25, 0.3) is 0 Å². The standard InChI is InChI=1S/C3H6O2Si/c1-2-4-5-6-3-1/h1-3H2. The number of hydrogen-bond acceptors (Lipinski definition) is 2. The van der Waals surface area contributed by atoms with E-state index in [0.717, 1.165) is 6.61 Å². The van der Waals surface area contributed by atoms with Crippen molar-refractivity contribution in [3.05, 3.63) is 0 Å². The molecular formula is C3H6O2Si. The van der Waals surface area contributed by atoms with Crippen molar-refractivity contribution in [1.82, 2.24) is 0 Å². The van der Waals surface area contributed by atoms with Crippen LogP contribution in [0.5, 0.6) is 0 Å². The Morgan fingerprint density at radius 2 is 2.50 bits per heavy atom. The van der Waals surface area contributed by atoms with Gasteiger partial charge in [0.1, 0.15) is 0 Å². The van der Waals surface area contributed by atoms with Crippen molar-refractivity contribution in [2.24, 2.45) is 0 Å². The minimum Gasteiger partial charge on any atom is -0.287 e. The third-order valence-corrected chi connectivity index (χ3v) is 1.42. The van der Waals surface area contributed by atoms with E-state index in [1.807, 2.05) is 0 Å². The molecule has 2 nitrogen and oxygen atoms in total. The van der Waals surface area contributed by atoms with E-state index in [-0.39, 0.29) is 0 Å². The van der Waals surface area contributed by atoms with Gasteiger partial charge in [0.05, 0.1) is 6.61 Å². The van der Waals surface area contributed by atoms with E-state index >= 15 is 0 Å². The first-order valence-electron chi connectivity index (χ1n) is 2.01. The van der Waals surface area contributed by atoms with Crippen LogP contribution in [0.4, 0.5) is 0 Å². The fourth-order valence-corrected chi connectivity index (χ4v) is 0.867. The molecule has 0 aromatic rings. The Morgan fingerprint density at radius 3 is 2.67 bits per heavy atom. The van der Waals surface area contributed by atoms with Crippen molar-refractivity contribution in [2.75, 3.05) is 6.61 Å². The number of hydrogen-bond donors (Lipinski definition) is 0. The fraction of sp³-hybridized carbons (Fsp3) is 1.00. The molecule has 6 heavy (non-hydrogen) atoms. The van der Waals surface area contributed by atoms with Gasteiger partial charge < -0.3 is 0 Å². The lowest BCUT2D eigenvalue weighted by molar-refractivity contribution is -0.216. The van der Waals surface area contributed by atoms with Crippen molar-refractivity contribution in [2.45, 2.75) is 12.5 Å². The van der Waals surface area contributed by atoms with E-state index in [1.165, 1.54) is 12.5 Å². The summed E-state index contributed by atoms with van der Waals surface area (Å²) >= 11 is 0. The van der Waals surface area contributed by atoms with Gasteiger partial charge in [-0.15, -0.1) is 0 Å². The predicted molar refractivity (Wildman–Crippen MR) is 22.2 cm³/mol. The topological polar surface area (TPSA) is 18.5 Å². The highest BCUT2D eigenvalue weighted by Gasteiger charge is 1.98. The zero-order chi connectivity index (χ0) is 4.24. The second-order valence-electron chi connectivity index (χ2n) is 1.15. The Hall–Kier alpha value is 0.137. The van der Waals surface area contributed by atoms with Crippen LogP contribution >= 0.6 is 0 Å². The highest BCUT2D eigenvalue weighted by Crippen LogP contribution is 1.96. The van der Waals surface area contributed by atoms with Gasteiger partial charge >= 0.3 is 0 Å². The van der Waals surface area contributed by atoms with Crippen molar-refractivity contribution >= 4 is 9.76 Å². The summed E-state index contributed by atoms with van der Waals surface area (Å²) in [5, 5.41) is 0. The first-order valence-corrected chi connectivity index (χ1v) is 3.13. The van der Waals surface area contributed by atoms with Crippen molar-refractivity contribution in [3.63, 3.8) is 0 Å². The highest BCUT2D eigenvalue weighted by molar-refractivity contribution is 6.26. The maximum atomic E-state index is 4.60. The Bertz CT molecular complexity index is 24.3. The minimum absolute atomic E-state index is 0.579. The number of rotatable bonds is 0. The van der Waals surface area contributed by atoms with Crippen LogP contribution in [-0.2, 0) is 9.46 Å². The average molecular weight is 102 g/mol. The summed E-state index contributed by atoms with van der Waals surface area (Å²) in [6.07, 6.45) is 1.17. The van der Waals surface area contributed by atoms with Crippen LogP contribution in [0.2, 0.25) is 6.04 Å². The van der Waals surface area contributed by atoms with Gasteiger partial charge in [0, 0.05) is 0 Å². The molecule has 1 fully saturated rings. The quantitative estimate of drug-likeness (QED) is 0.325. The van der Waals surface area contributed by atoms with Crippen LogP contribution in [-0.4, -0.2) is 16.4 Å². The zero-order valence-electron chi connectivity index (χ0n) is 3.44. The molecule has 0 aliphatic carbocycles. The molecule has 2 radical (unpaired) electrons. The summed E-state index contributed by atoms with van der Waals surface area (Å²) in [5.74, 6) is 0. The van der Waals surface area contributed by atoms with E-state index in [1.54, 1.807) is 0 Å². The molecule has 0 spiro atoms. The third-order valence-electron chi connectivity index (χ3n) is 0.624. The normalized spacial score (nSPS) is 24.0. The molecule has 0 saturated carbocycles. The predicted octanol–water partition coefficient (Wildman–Crippen LogP) is 0.376. The summed E-state index contributed by atoms with van der Waals surface area (Å²) in [7, 11) is 0.579. The molecule has 1 heterocycles. The van der Waals surface area contributed by atoms with Gasteiger partial charge in [-0.25, -0.2) is 4.89 Å². The van der Waals surface area contributed by atoms with Crippen LogP contribution in [0.15, 0.2) is 0 Å². The van der Waals surface area contributed by atoms with Gasteiger partial charge in [-0.05, 0) is 12.5 Å². The fourth-order valence-electron chi connectivity index (χ4n) is 0.328. The van der Waals surface area contributed by atoms with Gasteiger partial charge in [-0.3, -0.25) is 4.58 Å². The lowest BCUT2D eigenvalue weighted by Gasteiger charge is -2.06. The van der Waals surface area contributed by atoms with Gasteiger partial charge in [-0.1, -0.05) is 0 Å².